The van der Waals surface area contributed by atoms with E-state index in [1.54, 1.807) is 0 Å². The summed E-state index contributed by atoms with van der Waals surface area (Å²) in [6, 6.07) is 10.2. The van der Waals surface area contributed by atoms with E-state index in [2.05, 4.69) is 11.1 Å². The van der Waals surface area contributed by atoms with E-state index in [0.717, 1.165) is 23.0 Å². The van der Waals surface area contributed by atoms with E-state index in [0.29, 0.717) is 6.42 Å². The maximum atomic E-state index is 11.5. The van der Waals surface area contributed by atoms with Crippen molar-refractivity contribution in [2.24, 2.45) is 5.92 Å². The van der Waals surface area contributed by atoms with Crippen LogP contribution in [0.1, 0.15) is 11.3 Å². The number of rotatable bonds is 1. The number of methoxy groups -OCH3 is 1. The fourth-order valence-electron chi connectivity index (χ4n) is 2.46. The summed E-state index contributed by atoms with van der Waals surface area (Å²) >= 11 is 0. The summed E-state index contributed by atoms with van der Waals surface area (Å²) in [5.41, 5.74) is 3.22. The van der Waals surface area contributed by atoms with Gasteiger partial charge in [0, 0.05) is 17.5 Å². The summed E-state index contributed by atoms with van der Waals surface area (Å²) < 4.78 is 4.80. The van der Waals surface area contributed by atoms with E-state index in [9.17, 15) is 4.79 Å². The van der Waals surface area contributed by atoms with Gasteiger partial charge in [-0.3, -0.25) is 9.78 Å². The van der Waals surface area contributed by atoms with E-state index in [1.807, 2.05) is 24.3 Å². The Bertz CT molecular complexity index is 547. The van der Waals surface area contributed by atoms with Gasteiger partial charge in [-0.2, -0.15) is 0 Å². The Morgan fingerprint density at radius 1 is 1.35 bits per heavy atom. The highest BCUT2D eigenvalue weighted by Crippen LogP contribution is 2.28. The van der Waals surface area contributed by atoms with Gasteiger partial charge in [0.1, 0.15) is 0 Å². The molecule has 3 heteroatoms. The topological polar surface area (TPSA) is 39.2 Å². The Labute approximate surface area is 99.4 Å². The zero-order chi connectivity index (χ0) is 11.8. The van der Waals surface area contributed by atoms with Gasteiger partial charge in [-0.1, -0.05) is 18.2 Å². The Morgan fingerprint density at radius 2 is 2.18 bits per heavy atom. The zero-order valence-corrected chi connectivity index (χ0v) is 9.64. The molecule has 0 amide bonds. The Hall–Kier alpha value is -1.90. The van der Waals surface area contributed by atoms with Crippen LogP contribution in [0.4, 0.5) is 0 Å². The molecule has 1 aromatic carbocycles. The molecule has 2 aromatic rings. The van der Waals surface area contributed by atoms with Gasteiger partial charge in [-0.25, -0.2) is 0 Å². The molecule has 3 rings (SSSR count). The SMILES string of the molecule is COC(=O)[C@@H]1Cc2cc3ccccc3nc2C1. The Balaban J connectivity index is 2.02. The normalized spacial score (nSPS) is 18.1. The van der Waals surface area contributed by atoms with E-state index in [1.165, 1.54) is 12.7 Å². The second-order valence-electron chi connectivity index (χ2n) is 4.42. The summed E-state index contributed by atoms with van der Waals surface area (Å²) in [7, 11) is 1.44. The van der Waals surface area contributed by atoms with Crippen LogP contribution in [-0.2, 0) is 22.4 Å². The second kappa shape index (κ2) is 3.84. The average molecular weight is 227 g/mol. The number of carbonyl (C=O) groups excluding carboxylic acids is 1. The van der Waals surface area contributed by atoms with Crippen LogP contribution >= 0.6 is 0 Å². The fraction of sp³-hybridized carbons (Fsp3) is 0.286. The highest BCUT2D eigenvalue weighted by molar-refractivity contribution is 5.81. The van der Waals surface area contributed by atoms with Crippen LogP contribution in [0.2, 0.25) is 0 Å². The first-order valence-corrected chi connectivity index (χ1v) is 5.73. The summed E-state index contributed by atoms with van der Waals surface area (Å²) in [6.07, 6.45) is 1.45. The van der Waals surface area contributed by atoms with Crippen LogP contribution in [0, 0.1) is 5.92 Å². The molecule has 0 unspecified atom stereocenters. The van der Waals surface area contributed by atoms with E-state index < -0.39 is 0 Å². The third kappa shape index (κ3) is 1.68. The standard InChI is InChI=1S/C14H13NO2/c1-17-14(16)11-7-10-6-9-4-2-3-5-12(9)15-13(10)8-11/h2-6,11H,7-8H2,1H3/t11-/m1/s1. The van der Waals surface area contributed by atoms with Gasteiger partial charge < -0.3 is 4.74 Å². The molecular formula is C14H13NO2. The molecule has 0 fully saturated rings. The number of ether oxygens (including phenoxy) is 1. The van der Waals surface area contributed by atoms with Gasteiger partial charge in [0.2, 0.25) is 0 Å². The second-order valence-corrected chi connectivity index (χ2v) is 4.42. The number of para-hydroxylation sites is 1. The summed E-state index contributed by atoms with van der Waals surface area (Å²) in [5.74, 6) is -0.189. The van der Waals surface area contributed by atoms with Gasteiger partial charge in [-0.05, 0) is 24.1 Å². The van der Waals surface area contributed by atoms with Crippen LogP contribution in [0.15, 0.2) is 30.3 Å². The van der Waals surface area contributed by atoms with Crippen molar-refractivity contribution in [3.8, 4) is 0 Å². The average Bonchev–Trinajstić information content (AvgIpc) is 2.77. The first-order chi connectivity index (χ1) is 8.28. The van der Waals surface area contributed by atoms with Crippen LogP contribution in [0.5, 0.6) is 0 Å². The first-order valence-electron chi connectivity index (χ1n) is 5.73. The van der Waals surface area contributed by atoms with Crippen molar-refractivity contribution in [3.63, 3.8) is 0 Å². The molecule has 1 aromatic heterocycles. The Morgan fingerprint density at radius 3 is 3.00 bits per heavy atom. The molecule has 0 radical (unpaired) electrons. The number of hydrogen-bond acceptors (Lipinski definition) is 3. The number of hydrogen-bond donors (Lipinski definition) is 0. The van der Waals surface area contributed by atoms with Crippen molar-refractivity contribution in [2.75, 3.05) is 7.11 Å². The minimum Gasteiger partial charge on any atom is -0.469 e. The van der Waals surface area contributed by atoms with Gasteiger partial charge in [-0.15, -0.1) is 0 Å². The molecule has 1 atom stereocenters. The molecule has 0 saturated carbocycles. The number of benzene rings is 1. The predicted octanol–water partition coefficient (Wildman–Crippen LogP) is 2.12. The number of carbonyl (C=O) groups is 1. The molecule has 1 aliphatic rings. The maximum Gasteiger partial charge on any atom is 0.309 e. The number of esters is 1. The summed E-state index contributed by atoms with van der Waals surface area (Å²) in [5, 5.41) is 1.14. The van der Waals surface area contributed by atoms with Crippen molar-refractivity contribution < 1.29 is 9.53 Å². The third-order valence-electron chi connectivity index (χ3n) is 3.33. The maximum absolute atomic E-state index is 11.5. The van der Waals surface area contributed by atoms with Gasteiger partial charge in [0.05, 0.1) is 18.5 Å². The van der Waals surface area contributed by atoms with Crippen molar-refractivity contribution in [3.05, 3.63) is 41.6 Å². The summed E-state index contributed by atoms with van der Waals surface area (Å²) in [6.45, 7) is 0. The third-order valence-corrected chi connectivity index (χ3v) is 3.33. The molecule has 1 heterocycles. The number of fused-ring (bicyclic) bond motifs is 2. The lowest BCUT2D eigenvalue weighted by Crippen LogP contribution is -2.16. The van der Waals surface area contributed by atoms with Crippen LogP contribution in [-0.4, -0.2) is 18.1 Å². The highest BCUT2D eigenvalue weighted by Gasteiger charge is 2.29. The predicted molar refractivity (Wildman–Crippen MR) is 64.7 cm³/mol. The smallest absolute Gasteiger partial charge is 0.309 e. The lowest BCUT2D eigenvalue weighted by atomic mass is 10.1. The van der Waals surface area contributed by atoms with Gasteiger partial charge in [0.15, 0.2) is 0 Å². The van der Waals surface area contributed by atoms with Crippen molar-refractivity contribution in [2.45, 2.75) is 12.8 Å². The molecular weight excluding hydrogens is 214 g/mol. The van der Waals surface area contributed by atoms with Crippen molar-refractivity contribution in [1.82, 2.24) is 4.98 Å². The van der Waals surface area contributed by atoms with E-state index in [4.69, 9.17) is 4.74 Å². The molecule has 0 saturated heterocycles. The molecule has 86 valence electrons. The number of aromatic nitrogens is 1. The molecule has 1 aliphatic carbocycles. The first kappa shape index (κ1) is 10.3. The van der Waals surface area contributed by atoms with Crippen molar-refractivity contribution in [1.29, 1.82) is 0 Å². The molecule has 3 nitrogen and oxygen atoms in total. The fourth-order valence-corrected chi connectivity index (χ4v) is 2.46. The monoisotopic (exact) mass is 227 g/mol. The quantitative estimate of drug-likeness (QED) is 0.700. The number of pyridine rings is 1. The Kier molecular flexibility index (Phi) is 2.32. The minimum absolute atomic E-state index is 0.0562. The van der Waals surface area contributed by atoms with Crippen LogP contribution < -0.4 is 0 Å². The number of nitrogens with zero attached hydrogens (tertiary/aromatic N) is 1. The molecule has 0 bridgehead atoms. The van der Waals surface area contributed by atoms with E-state index in [-0.39, 0.29) is 11.9 Å². The molecule has 0 spiro atoms. The van der Waals surface area contributed by atoms with E-state index >= 15 is 0 Å². The van der Waals surface area contributed by atoms with Crippen molar-refractivity contribution >= 4 is 16.9 Å². The lowest BCUT2D eigenvalue weighted by Gasteiger charge is -2.03. The molecule has 17 heavy (non-hydrogen) atoms. The van der Waals surface area contributed by atoms with Gasteiger partial charge >= 0.3 is 5.97 Å². The highest BCUT2D eigenvalue weighted by atomic mass is 16.5. The van der Waals surface area contributed by atoms with Crippen LogP contribution in [0.3, 0.4) is 0 Å². The minimum atomic E-state index is -0.132. The van der Waals surface area contributed by atoms with Crippen LogP contribution in [0.25, 0.3) is 10.9 Å². The molecule has 0 N–H and O–H groups in total. The largest absolute Gasteiger partial charge is 0.469 e. The summed E-state index contributed by atoms with van der Waals surface area (Å²) in [4.78, 5) is 16.1. The molecule has 0 aliphatic heterocycles. The zero-order valence-electron chi connectivity index (χ0n) is 9.64. The van der Waals surface area contributed by atoms with Gasteiger partial charge in [0.25, 0.3) is 0 Å². The lowest BCUT2D eigenvalue weighted by molar-refractivity contribution is -0.145.